The average Bonchev–Trinajstić information content (AvgIpc) is 2.90. The van der Waals surface area contributed by atoms with Gasteiger partial charge in [-0.15, -0.1) is 0 Å². The van der Waals surface area contributed by atoms with E-state index in [1.807, 2.05) is 40.8 Å². The Labute approximate surface area is 127 Å². The Kier molecular flexibility index (Phi) is 2.72. The minimum atomic E-state index is 0.426. The lowest BCUT2D eigenvalue weighted by Crippen LogP contribution is -1.99. The van der Waals surface area contributed by atoms with E-state index >= 15 is 0 Å². The lowest BCUT2D eigenvalue weighted by molar-refractivity contribution is 0.415. The molecule has 0 aliphatic carbocycles. The van der Waals surface area contributed by atoms with Gasteiger partial charge in [0.2, 0.25) is 5.95 Å². The summed E-state index contributed by atoms with van der Waals surface area (Å²) in [6, 6.07) is 13.9. The predicted octanol–water partition coefficient (Wildman–Crippen LogP) is 3.14. The number of rotatable bonds is 2. The van der Waals surface area contributed by atoms with Gasteiger partial charge >= 0.3 is 0 Å². The third-order valence-corrected chi connectivity index (χ3v) is 3.79. The fourth-order valence-corrected chi connectivity index (χ4v) is 2.85. The van der Waals surface area contributed by atoms with E-state index in [9.17, 15) is 0 Å². The highest BCUT2D eigenvalue weighted by molar-refractivity contribution is 6.04. The molecule has 0 unspecified atom stereocenters. The van der Waals surface area contributed by atoms with Crippen LogP contribution in [0.2, 0.25) is 0 Å². The van der Waals surface area contributed by atoms with Crippen LogP contribution in [0.1, 0.15) is 0 Å². The van der Waals surface area contributed by atoms with Gasteiger partial charge in [-0.25, -0.2) is 9.97 Å². The number of hydrogen-bond acceptors (Lipinski definition) is 4. The Morgan fingerprint density at radius 3 is 2.82 bits per heavy atom. The fraction of sp³-hybridized carbons (Fsp3) is 0.0588. The van der Waals surface area contributed by atoms with Crippen molar-refractivity contribution in [3.8, 4) is 16.9 Å². The standard InChI is InChI=1S/C17H14N4O/c1-22-12-5-2-4-11(10-12)15-13-6-3-8-19-16(13)21-14(15)7-9-20-17(21)18/h2-10H,1H3,(H2,18,20). The molecule has 0 atom stereocenters. The zero-order valence-electron chi connectivity index (χ0n) is 12.0. The molecule has 0 amide bonds. The number of nitrogens with two attached hydrogens (primary N) is 1. The SMILES string of the molecule is COc1cccc(-c2c3cccnc3n3c(N)nccc23)c1. The third kappa shape index (κ3) is 1.72. The van der Waals surface area contributed by atoms with Crippen molar-refractivity contribution < 1.29 is 4.74 Å². The van der Waals surface area contributed by atoms with Crippen molar-refractivity contribution in [3.05, 3.63) is 54.9 Å². The van der Waals surface area contributed by atoms with E-state index in [1.165, 1.54) is 0 Å². The second kappa shape index (κ2) is 4.73. The maximum Gasteiger partial charge on any atom is 0.206 e. The minimum absolute atomic E-state index is 0.426. The molecule has 22 heavy (non-hydrogen) atoms. The molecule has 1 aromatic carbocycles. The van der Waals surface area contributed by atoms with Gasteiger partial charge in [-0.1, -0.05) is 12.1 Å². The number of nitrogens with zero attached hydrogens (tertiary/aromatic N) is 3. The molecule has 0 aliphatic rings. The smallest absolute Gasteiger partial charge is 0.206 e. The summed E-state index contributed by atoms with van der Waals surface area (Å²) in [7, 11) is 1.67. The van der Waals surface area contributed by atoms with Crippen LogP contribution < -0.4 is 10.5 Å². The van der Waals surface area contributed by atoms with Crippen LogP contribution in [0.25, 0.3) is 27.7 Å². The molecule has 0 spiro atoms. The Bertz CT molecular complexity index is 990. The average molecular weight is 290 g/mol. The number of fused-ring (bicyclic) bond motifs is 3. The van der Waals surface area contributed by atoms with Crippen molar-refractivity contribution in [1.82, 2.24) is 14.4 Å². The molecule has 4 rings (SSSR count). The molecule has 108 valence electrons. The number of aromatic nitrogens is 3. The number of hydrogen-bond donors (Lipinski definition) is 1. The fourth-order valence-electron chi connectivity index (χ4n) is 2.85. The number of pyridine rings is 1. The van der Waals surface area contributed by atoms with Gasteiger partial charge in [0.1, 0.15) is 11.4 Å². The third-order valence-electron chi connectivity index (χ3n) is 3.79. The van der Waals surface area contributed by atoms with E-state index in [0.29, 0.717) is 5.95 Å². The number of ether oxygens (including phenoxy) is 1. The molecule has 0 bridgehead atoms. The lowest BCUT2D eigenvalue weighted by Gasteiger charge is -2.05. The lowest BCUT2D eigenvalue weighted by atomic mass is 10.0. The highest BCUT2D eigenvalue weighted by Gasteiger charge is 2.16. The van der Waals surface area contributed by atoms with Gasteiger partial charge in [0.05, 0.1) is 12.6 Å². The summed E-state index contributed by atoms with van der Waals surface area (Å²) in [6.07, 6.45) is 3.48. The molecule has 0 radical (unpaired) electrons. The number of nitrogen functional groups attached to an aromatic ring is 1. The maximum atomic E-state index is 6.06. The van der Waals surface area contributed by atoms with Crippen LogP contribution in [-0.4, -0.2) is 21.5 Å². The summed E-state index contributed by atoms with van der Waals surface area (Å²) in [5.74, 6) is 1.24. The summed E-state index contributed by atoms with van der Waals surface area (Å²) in [5.41, 5.74) is 9.98. The van der Waals surface area contributed by atoms with Crippen molar-refractivity contribution >= 4 is 22.5 Å². The van der Waals surface area contributed by atoms with E-state index in [0.717, 1.165) is 33.4 Å². The normalized spacial score (nSPS) is 11.1. The highest BCUT2D eigenvalue weighted by Crippen LogP contribution is 2.36. The number of methoxy groups -OCH3 is 1. The topological polar surface area (TPSA) is 65.4 Å². The Balaban J connectivity index is 2.17. The van der Waals surface area contributed by atoms with Crippen molar-refractivity contribution in [2.24, 2.45) is 0 Å². The van der Waals surface area contributed by atoms with Gasteiger partial charge in [-0.3, -0.25) is 4.40 Å². The van der Waals surface area contributed by atoms with Crippen LogP contribution in [-0.2, 0) is 0 Å². The summed E-state index contributed by atoms with van der Waals surface area (Å²) >= 11 is 0. The van der Waals surface area contributed by atoms with Crippen LogP contribution >= 0.6 is 0 Å². The first-order valence-corrected chi connectivity index (χ1v) is 6.93. The maximum absolute atomic E-state index is 6.06. The van der Waals surface area contributed by atoms with Gasteiger partial charge in [0.15, 0.2) is 0 Å². The van der Waals surface area contributed by atoms with E-state index in [1.54, 1.807) is 19.5 Å². The zero-order chi connectivity index (χ0) is 15.1. The summed E-state index contributed by atoms with van der Waals surface area (Å²) in [4.78, 5) is 8.64. The van der Waals surface area contributed by atoms with Crippen LogP contribution in [0.5, 0.6) is 5.75 Å². The minimum Gasteiger partial charge on any atom is -0.497 e. The van der Waals surface area contributed by atoms with E-state index in [-0.39, 0.29) is 0 Å². The first-order valence-electron chi connectivity index (χ1n) is 6.93. The van der Waals surface area contributed by atoms with Crippen molar-refractivity contribution in [2.75, 3.05) is 12.8 Å². The van der Waals surface area contributed by atoms with Crippen LogP contribution in [0.3, 0.4) is 0 Å². The van der Waals surface area contributed by atoms with E-state index < -0.39 is 0 Å². The van der Waals surface area contributed by atoms with Crippen molar-refractivity contribution in [1.29, 1.82) is 0 Å². The summed E-state index contributed by atoms with van der Waals surface area (Å²) in [5, 5.41) is 1.04. The highest BCUT2D eigenvalue weighted by atomic mass is 16.5. The Morgan fingerprint density at radius 1 is 1.05 bits per heavy atom. The molecule has 3 heterocycles. The van der Waals surface area contributed by atoms with E-state index in [2.05, 4.69) is 16.0 Å². The van der Waals surface area contributed by atoms with Crippen LogP contribution in [0.15, 0.2) is 54.9 Å². The first-order chi connectivity index (χ1) is 10.8. The largest absolute Gasteiger partial charge is 0.497 e. The molecular weight excluding hydrogens is 276 g/mol. The molecule has 0 fully saturated rings. The van der Waals surface area contributed by atoms with Crippen LogP contribution in [0.4, 0.5) is 5.95 Å². The molecule has 0 saturated carbocycles. The molecule has 0 aliphatic heterocycles. The van der Waals surface area contributed by atoms with Gasteiger partial charge in [0.25, 0.3) is 0 Å². The molecule has 2 N–H and O–H groups in total. The van der Waals surface area contributed by atoms with Crippen LogP contribution in [0, 0.1) is 0 Å². The quantitative estimate of drug-likeness (QED) is 0.616. The van der Waals surface area contributed by atoms with Gasteiger partial charge < -0.3 is 10.5 Å². The van der Waals surface area contributed by atoms with E-state index in [4.69, 9.17) is 10.5 Å². The summed E-state index contributed by atoms with van der Waals surface area (Å²) < 4.78 is 7.22. The second-order valence-electron chi connectivity index (χ2n) is 5.01. The number of anilines is 1. The Hall–Kier alpha value is -3.08. The van der Waals surface area contributed by atoms with Crippen molar-refractivity contribution in [3.63, 3.8) is 0 Å². The summed E-state index contributed by atoms with van der Waals surface area (Å²) in [6.45, 7) is 0. The van der Waals surface area contributed by atoms with Gasteiger partial charge in [-0.2, -0.15) is 0 Å². The molecular formula is C17H14N4O. The Morgan fingerprint density at radius 2 is 1.95 bits per heavy atom. The van der Waals surface area contributed by atoms with Crippen molar-refractivity contribution in [2.45, 2.75) is 0 Å². The van der Waals surface area contributed by atoms with Gasteiger partial charge in [0, 0.05) is 23.3 Å². The molecule has 3 aromatic heterocycles. The second-order valence-corrected chi connectivity index (χ2v) is 5.01. The number of benzene rings is 1. The molecule has 0 saturated heterocycles. The predicted molar refractivity (Wildman–Crippen MR) is 86.9 cm³/mol. The zero-order valence-corrected chi connectivity index (χ0v) is 12.0. The molecule has 5 heteroatoms. The molecule has 4 aromatic rings. The first kappa shape index (κ1) is 12.6. The monoisotopic (exact) mass is 290 g/mol. The molecule has 5 nitrogen and oxygen atoms in total. The van der Waals surface area contributed by atoms with Gasteiger partial charge in [-0.05, 0) is 35.9 Å².